The standard InChI is InChI=1S/C13H13ClN2O/c14-10-7-11(13(15)16-8-10)12(17)6-9-4-2-1-3-5-9/h1-5,7-8,12,17H,6H2,(H2,15,16). The van der Waals surface area contributed by atoms with Gasteiger partial charge in [-0.1, -0.05) is 41.9 Å². The van der Waals surface area contributed by atoms with Crippen molar-refractivity contribution in [3.05, 3.63) is 58.7 Å². The van der Waals surface area contributed by atoms with E-state index in [1.54, 1.807) is 6.07 Å². The van der Waals surface area contributed by atoms with Crippen molar-refractivity contribution in [1.29, 1.82) is 0 Å². The van der Waals surface area contributed by atoms with E-state index in [4.69, 9.17) is 17.3 Å². The van der Waals surface area contributed by atoms with Crippen LogP contribution in [0.1, 0.15) is 17.2 Å². The van der Waals surface area contributed by atoms with Crippen LogP contribution in [0.15, 0.2) is 42.6 Å². The lowest BCUT2D eigenvalue weighted by Gasteiger charge is -2.13. The highest BCUT2D eigenvalue weighted by atomic mass is 35.5. The predicted octanol–water partition coefficient (Wildman–Crippen LogP) is 2.59. The third kappa shape index (κ3) is 2.96. The van der Waals surface area contributed by atoms with Gasteiger partial charge in [0.1, 0.15) is 5.82 Å². The molecule has 1 aromatic heterocycles. The van der Waals surface area contributed by atoms with E-state index >= 15 is 0 Å². The van der Waals surface area contributed by atoms with Crippen LogP contribution < -0.4 is 5.73 Å². The van der Waals surface area contributed by atoms with Crippen molar-refractivity contribution in [2.45, 2.75) is 12.5 Å². The Labute approximate surface area is 105 Å². The third-order valence-electron chi connectivity index (χ3n) is 2.55. The highest BCUT2D eigenvalue weighted by Gasteiger charge is 2.13. The van der Waals surface area contributed by atoms with E-state index < -0.39 is 6.10 Å². The number of rotatable bonds is 3. The van der Waals surface area contributed by atoms with Crippen molar-refractivity contribution in [2.24, 2.45) is 0 Å². The Morgan fingerprint density at radius 2 is 2.00 bits per heavy atom. The van der Waals surface area contributed by atoms with Crippen LogP contribution in [0.3, 0.4) is 0 Å². The fraction of sp³-hybridized carbons (Fsp3) is 0.154. The Bertz CT molecular complexity index is 502. The van der Waals surface area contributed by atoms with Gasteiger partial charge < -0.3 is 10.8 Å². The van der Waals surface area contributed by atoms with E-state index in [2.05, 4.69) is 4.98 Å². The van der Waals surface area contributed by atoms with E-state index in [1.807, 2.05) is 30.3 Å². The molecule has 17 heavy (non-hydrogen) atoms. The van der Waals surface area contributed by atoms with Crippen LogP contribution >= 0.6 is 11.6 Å². The zero-order chi connectivity index (χ0) is 12.3. The van der Waals surface area contributed by atoms with Gasteiger partial charge in [0.25, 0.3) is 0 Å². The maximum Gasteiger partial charge on any atom is 0.129 e. The normalized spacial score (nSPS) is 12.4. The molecule has 3 N–H and O–H groups in total. The molecule has 0 saturated carbocycles. The molecular formula is C13H13ClN2O. The number of anilines is 1. The second kappa shape index (κ2) is 5.17. The first-order chi connectivity index (χ1) is 8.16. The first kappa shape index (κ1) is 11.9. The number of nitrogens with zero attached hydrogens (tertiary/aromatic N) is 1. The number of nitrogens with two attached hydrogens (primary N) is 1. The summed E-state index contributed by atoms with van der Waals surface area (Å²) < 4.78 is 0. The molecule has 1 aromatic carbocycles. The number of aromatic nitrogens is 1. The fourth-order valence-electron chi connectivity index (χ4n) is 1.68. The molecule has 0 aliphatic heterocycles. The van der Waals surface area contributed by atoms with E-state index in [1.165, 1.54) is 6.20 Å². The zero-order valence-electron chi connectivity index (χ0n) is 9.18. The van der Waals surface area contributed by atoms with Gasteiger partial charge in [0.15, 0.2) is 0 Å². The second-order valence-electron chi connectivity index (χ2n) is 3.83. The molecule has 2 aromatic rings. The highest BCUT2D eigenvalue weighted by Crippen LogP contribution is 2.24. The number of halogens is 1. The molecule has 1 unspecified atom stereocenters. The van der Waals surface area contributed by atoms with Gasteiger partial charge in [-0.05, 0) is 11.6 Å². The minimum atomic E-state index is -0.691. The Morgan fingerprint density at radius 1 is 1.29 bits per heavy atom. The van der Waals surface area contributed by atoms with Crippen LogP contribution in [0.4, 0.5) is 5.82 Å². The Balaban J connectivity index is 2.20. The molecule has 2 rings (SSSR count). The summed E-state index contributed by atoms with van der Waals surface area (Å²) in [6.07, 6.45) is 1.27. The number of pyridine rings is 1. The topological polar surface area (TPSA) is 59.1 Å². The summed E-state index contributed by atoms with van der Waals surface area (Å²) in [5.74, 6) is 0.317. The minimum Gasteiger partial charge on any atom is -0.388 e. The molecule has 0 fully saturated rings. The first-order valence-corrected chi connectivity index (χ1v) is 5.67. The average molecular weight is 249 g/mol. The molecule has 0 bridgehead atoms. The van der Waals surface area contributed by atoms with Crippen LogP contribution in [-0.4, -0.2) is 10.1 Å². The Hall–Kier alpha value is -1.58. The predicted molar refractivity (Wildman–Crippen MR) is 68.8 cm³/mol. The number of aliphatic hydroxyl groups excluding tert-OH is 1. The molecule has 0 aliphatic rings. The average Bonchev–Trinajstić information content (AvgIpc) is 2.33. The number of hydrogen-bond donors (Lipinski definition) is 2. The molecule has 0 amide bonds. The first-order valence-electron chi connectivity index (χ1n) is 5.29. The fourth-order valence-corrected chi connectivity index (χ4v) is 1.85. The molecule has 88 valence electrons. The van der Waals surface area contributed by atoms with Crippen LogP contribution in [0.5, 0.6) is 0 Å². The summed E-state index contributed by atoms with van der Waals surface area (Å²) in [7, 11) is 0. The largest absolute Gasteiger partial charge is 0.388 e. The maximum absolute atomic E-state index is 10.1. The second-order valence-corrected chi connectivity index (χ2v) is 4.27. The molecule has 0 saturated heterocycles. The van der Waals surface area contributed by atoms with Crippen LogP contribution in [-0.2, 0) is 6.42 Å². The number of nitrogen functional groups attached to an aromatic ring is 1. The summed E-state index contributed by atoms with van der Waals surface area (Å²) in [4.78, 5) is 3.93. The minimum absolute atomic E-state index is 0.317. The van der Waals surface area contributed by atoms with Gasteiger partial charge >= 0.3 is 0 Å². The quantitative estimate of drug-likeness (QED) is 0.878. The van der Waals surface area contributed by atoms with Gasteiger partial charge in [-0.3, -0.25) is 0 Å². The molecule has 3 nitrogen and oxygen atoms in total. The highest BCUT2D eigenvalue weighted by molar-refractivity contribution is 6.30. The van der Waals surface area contributed by atoms with Crippen molar-refractivity contribution >= 4 is 17.4 Å². The summed E-state index contributed by atoms with van der Waals surface area (Å²) in [6.45, 7) is 0. The zero-order valence-corrected chi connectivity index (χ0v) is 9.93. The lowest BCUT2D eigenvalue weighted by atomic mass is 10.0. The summed E-state index contributed by atoms with van der Waals surface area (Å²) >= 11 is 5.83. The molecule has 1 atom stereocenters. The smallest absolute Gasteiger partial charge is 0.129 e. The van der Waals surface area contributed by atoms with Crippen LogP contribution in [0.2, 0.25) is 5.02 Å². The number of aliphatic hydroxyl groups is 1. The van der Waals surface area contributed by atoms with Crippen molar-refractivity contribution in [1.82, 2.24) is 4.98 Å². The SMILES string of the molecule is Nc1ncc(Cl)cc1C(O)Cc1ccccc1. The molecular weight excluding hydrogens is 236 g/mol. The Morgan fingerprint density at radius 3 is 2.71 bits per heavy atom. The van der Waals surface area contributed by atoms with Crippen molar-refractivity contribution < 1.29 is 5.11 Å². The molecule has 0 spiro atoms. The lowest BCUT2D eigenvalue weighted by Crippen LogP contribution is -2.06. The van der Waals surface area contributed by atoms with Crippen LogP contribution in [0.25, 0.3) is 0 Å². The van der Waals surface area contributed by atoms with E-state index in [0.717, 1.165) is 5.56 Å². The molecule has 1 heterocycles. The maximum atomic E-state index is 10.1. The van der Waals surface area contributed by atoms with E-state index in [9.17, 15) is 5.11 Å². The molecule has 0 radical (unpaired) electrons. The summed E-state index contributed by atoms with van der Waals surface area (Å²) in [6, 6.07) is 11.4. The van der Waals surface area contributed by atoms with Gasteiger partial charge in [-0.2, -0.15) is 0 Å². The van der Waals surface area contributed by atoms with Gasteiger partial charge in [0.2, 0.25) is 0 Å². The monoisotopic (exact) mass is 248 g/mol. The Kier molecular flexibility index (Phi) is 3.61. The van der Waals surface area contributed by atoms with Crippen LogP contribution in [0, 0.1) is 0 Å². The van der Waals surface area contributed by atoms with E-state index in [0.29, 0.717) is 22.8 Å². The lowest BCUT2D eigenvalue weighted by molar-refractivity contribution is 0.179. The van der Waals surface area contributed by atoms with E-state index in [-0.39, 0.29) is 0 Å². The number of benzene rings is 1. The van der Waals surface area contributed by atoms with Crippen molar-refractivity contribution in [2.75, 3.05) is 5.73 Å². The molecule has 4 heteroatoms. The summed E-state index contributed by atoms with van der Waals surface area (Å²) in [5.41, 5.74) is 7.33. The third-order valence-corrected chi connectivity index (χ3v) is 2.75. The van der Waals surface area contributed by atoms with Gasteiger partial charge in [-0.15, -0.1) is 0 Å². The van der Waals surface area contributed by atoms with Gasteiger partial charge in [-0.25, -0.2) is 4.98 Å². The molecule has 0 aliphatic carbocycles. The number of hydrogen-bond acceptors (Lipinski definition) is 3. The van der Waals surface area contributed by atoms with Crippen molar-refractivity contribution in [3.63, 3.8) is 0 Å². The summed E-state index contributed by atoms with van der Waals surface area (Å²) in [5, 5.41) is 10.6. The van der Waals surface area contributed by atoms with Crippen molar-refractivity contribution in [3.8, 4) is 0 Å². The van der Waals surface area contributed by atoms with Gasteiger partial charge in [0, 0.05) is 18.2 Å². The van der Waals surface area contributed by atoms with Gasteiger partial charge in [0.05, 0.1) is 11.1 Å².